The third-order valence-corrected chi connectivity index (χ3v) is 4.81. The van der Waals surface area contributed by atoms with Gasteiger partial charge in [0.2, 0.25) is 11.7 Å². The first kappa shape index (κ1) is 17.6. The molecule has 0 unspecified atom stereocenters. The molecule has 3 rings (SSSR count). The molecule has 0 bridgehead atoms. The van der Waals surface area contributed by atoms with Crippen molar-refractivity contribution in [3.8, 4) is 0 Å². The van der Waals surface area contributed by atoms with Crippen molar-refractivity contribution in [3.63, 3.8) is 0 Å². The van der Waals surface area contributed by atoms with Crippen LogP contribution in [0, 0.1) is 6.92 Å². The number of rotatable bonds is 7. The van der Waals surface area contributed by atoms with Crippen LogP contribution in [-0.2, 0) is 12.1 Å². The molecule has 0 atom stereocenters. The Morgan fingerprint density at radius 3 is 2.56 bits per heavy atom. The van der Waals surface area contributed by atoms with E-state index in [0.29, 0.717) is 24.0 Å². The Morgan fingerprint density at radius 2 is 1.96 bits per heavy atom. The van der Waals surface area contributed by atoms with E-state index in [4.69, 9.17) is 9.05 Å². The fraction of sp³-hybridized carbons (Fsp3) is 0.647. The normalized spacial score (nSPS) is 16.5. The summed E-state index contributed by atoms with van der Waals surface area (Å²) in [5.41, 5.74) is 0.0784. The minimum absolute atomic E-state index is 0.204. The van der Waals surface area contributed by atoms with Gasteiger partial charge >= 0.3 is 0 Å². The zero-order valence-corrected chi connectivity index (χ0v) is 15.0. The summed E-state index contributed by atoms with van der Waals surface area (Å²) >= 11 is 0. The zero-order valence-electron chi connectivity index (χ0n) is 15.0. The Bertz CT molecular complexity index is 713. The van der Waals surface area contributed by atoms with Crippen molar-refractivity contribution < 1.29 is 13.8 Å². The largest absolute Gasteiger partial charge is 0.351 e. The molecule has 0 spiro atoms. The van der Waals surface area contributed by atoms with Crippen molar-refractivity contribution in [2.75, 3.05) is 13.1 Å². The highest BCUT2D eigenvalue weighted by Gasteiger charge is 2.42. The van der Waals surface area contributed by atoms with Crippen molar-refractivity contribution >= 4 is 5.91 Å². The molecule has 1 aliphatic rings. The number of aromatic nitrogens is 3. The molecule has 1 fully saturated rings. The van der Waals surface area contributed by atoms with E-state index >= 15 is 0 Å². The summed E-state index contributed by atoms with van der Waals surface area (Å²) < 4.78 is 10.5. The van der Waals surface area contributed by atoms with Gasteiger partial charge in [0.15, 0.2) is 5.82 Å². The van der Waals surface area contributed by atoms with Crippen LogP contribution in [0.5, 0.6) is 0 Å². The summed E-state index contributed by atoms with van der Waals surface area (Å²) in [5.74, 6) is 1.04. The van der Waals surface area contributed by atoms with Gasteiger partial charge in [-0.25, -0.2) is 0 Å². The SMILES string of the molecule is CCN(CC)Cc1nc(C2(NC(=O)c3cc(C)no3)CCCC2)no1. The van der Waals surface area contributed by atoms with Crippen LogP contribution in [-0.4, -0.2) is 39.2 Å². The average molecular weight is 347 g/mol. The van der Waals surface area contributed by atoms with Gasteiger partial charge in [-0.3, -0.25) is 9.69 Å². The minimum atomic E-state index is -0.594. The third kappa shape index (κ3) is 3.73. The number of carbonyl (C=O) groups is 1. The van der Waals surface area contributed by atoms with Crippen LogP contribution in [0.3, 0.4) is 0 Å². The maximum Gasteiger partial charge on any atom is 0.290 e. The monoisotopic (exact) mass is 347 g/mol. The quantitative estimate of drug-likeness (QED) is 0.821. The number of hydrogen-bond donors (Lipinski definition) is 1. The van der Waals surface area contributed by atoms with Gasteiger partial charge in [0, 0.05) is 6.07 Å². The maximum absolute atomic E-state index is 12.5. The van der Waals surface area contributed by atoms with Crippen molar-refractivity contribution in [1.29, 1.82) is 0 Å². The molecule has 1 N–H and O–H groups in total. The summed E-state index contributed by atoms with van der Waals surface area (Å²) in [6.07, 6.45) is 3.59. The lowest BCUT2D eigenvalue weighted by molar-refractivity contribution is 0.0853. The predicted molar refractivity (Wildman–Crippen MR) is 89.8 cm³/mol. The van der Waals surface area contributed by atoms with E-state index in [1.165, 1.54) is 0 Å². The summed E-state index contributed by atoms with van der Waals surface area (Å²) in [6.45, 7) is 8.43. The van der Waals surface area contributed by atoms with Crippen LogP contribution in [0.2, 0.25) is 0 Å². The second-order valence-electron chi connectivity index (χ2n) is 6.55. The number of aryl methyl sites for hydroxylation is 1. The van der Waals surface area contributed by atoms with Gasteiger partial charge < -0.3 is 14.4 Å². The van der Waals surface area contributed by atoms with Gasteiger partial charge in [0.1, 0.15) is 5.54 Å². The predicted octanol–water partition coefficient (Wildman–Crippen LogP) is 2.41. The van der Waals surface area contributed by atoms with E-state index in [1.807, 2.05) is 0 Å². The highest BCUT2D eigenvalue weighted by Crippen LogP contribution is 2.37. The van der Waals surface area contributed by atoms with Crippen LogP contribution in [0.1, 0.15) is 67.5 Å². The zero-order chi connectivity index (χ0) is 17.9. The van der Waals surface area contributed by atoms with Gasteiger partial charge in [0.25, 0.3) is 5.91 Å². The highest BCUT2D eigenvalue weighted by atomic mass is 16.5. The molecule has 2 aromatic rings. The van der Waals surface area contributed by atoms with Crippen molar-refractivity contribution in [3.05, 3.63) is 29.2 Å². The lowest BCUT2D eigenvalue weighted by Crippen LogP contribution is -2.44. The molecule has 2 heterocycles. The topological polar surface area (TPSA) is 97.3 Å². The second-order valence-corrected chi connectivity index (χ2v) is 6.55. The van der Waals surface area contributed by atoms with E-state index in [0.717, 1.165) is 38.8 Å². The number of nitrogens with one attached hydrogen (secondary N) is 1. The standard InChI is InChI=1S/C17H25N5O3/c1-4-22(5-2)11-14-18-16(21-25-14)17(8-6-7-9-17)19-15(23)13-10-12(3)20-24-13/h10H,4-9,11H2,1-3H3,(H,19,23). The molecular weight excluding hydrogens is 322 g/mol. The van der Waals surface area contributed by atoms with Gasteiger partial charge in [-0.05, 0) is 32.9 Å². The van der Waals surface area contributed by atoms with Gasteiger partial charge in [0.05, 0.1) is 12.2 Å². The van der Waals surface area contributed by atoms with Gasteiger partial charge in [-0.2, -0.15) is 4.98 Å². The second kappa shape index (κ2) is 7.35. The number of hydrogen-bond acceptors (Lipinski definition) is 7. The van der Waals surface area contributed by atoms with Crippen molar-refractivity contribution in [2.45, 2.75) is 58.5 Å². The first-order valence-electron chi connectivity index (χ1n) is 8.87. The molecule has 25 heavy (non-hydrogen) atoms. The minimum Gasteiger partial charge on any atom is -0.351 e. The van der Waals surface area contributed by atoms with Gasteiger partial charge in [-0.15, -0.1) is 0 Å². The fourth-order valence-electron chi connectivity index (χ4n) is 3.28. The summed E-state index contributed by atoms with van der Waals surface area (Å²) in [7, 11) is 0. The lowest BCUT2D eigenvalue weighted by atomic mass is 9.96. The molecule has 0 aliphatic heterocycles. The van der Waals surface area contributed by atoms with Gasteiger partial charge in [-0.1, -0.05) is 37.0 Å². The summed E-state index contributed by atoms with van der Waals surface area (Å²) in [6, 6.07) is 1.63. The molecule has 2 aromatic heterocycles. The van der Waals surface area contributed by atoms with E-state index < -0.39 is 5.54 Å². The van der Waals surface area contributed by atoms with Crippen molar-refractivity contribution in [2.24, 2.45) is 0 Å². The highest BCUT2D eigenvalue weighted by molar-refractivity contribution is 5.92. The van der Waals surface area contributed by atoms with Crippen LogP contribution in [0.4, 0.5) is 0 Å². The van der Waals surface area contributed by atoms with E-state index in [1.54, 1.807) is 13.0 Å². The molecule has 136 valence electrons. The lowest BCUT2D eigenvalue weighted by Gasteiger charge is -2.26. The van der Waals surface area contributed by atoms with Crippen LogP contribution in [0.15, 0.2) is 15.1 Å². The molecule has 0 saturated heterocycles. The third-order valence-electron chi connectivity index (χ3n) is 4.81. The molecule has 0 radical (unpaired) electrons. The first-order chi connectivity index (χ1) is 12.1. The van der Waals surface area contributed by atoms with E-state index in [2.05, 4.69) is 39.4 Å². The molecule has 1 aliphatic carbocycles. The molecule has 8 heteroatoms. The Morgan fingerprint density at radius 1 is 1.24 bits per heavy atom. The molecular formula is C17H25N5O3. The number of nitrogens with zero attached hydrogens (tertiary/aromatic N) is 4. The average Bonchev–Trinajstić information content (AvgIpc) is 3.33. The van der Waals surface area contributed by atoms with Crippen molar-refractivity contribution in [1.82, 2.24) is 25.5 Å². The fourth-order valence-corrected chi connectivity index (χ4v) is 3.28. The van der Waals surface area contributed by atoms with E-state index in [9.17, 15) is 4.79 Å². The Kier molecular flexibility index (Phi) is 5.17. The number of amides is 1. The Hall–Kier alpha value is -2.22. The Labute approximate surface area is 146 Å². The van der Waals surface area contributed by atoms with Crippen LogP contribution >= 0.6 is 0 Å². The summed E-state index contributed by atoms with van der Waals surface area (Å²) in [4.78, 5) is 19.3. The Balaban J connectivity index is 1.78. The first-order valence-corrected chi connectivity index (χ1v) is 8.87. The maximum atomic E-state index is 12.5. The molecule has 1 saturated carbocycles. The molecule has 1 amide bonds. The van der Waals surface area contributed by atoms with Crippen LogP contribution < -0.4 is 5.32 Å². The van der Waals surface area contributed by atoms with Crippen LogP contribution in [0.25, 0.3) is 0 Å². The molecule has 8 nitrogen and oxygen atoms in total. The number of carbonyl (C=O) groups excluding carboxylic acids is 1. The van der Waals surface area contributed by atoms with E-state index in [-0.39, 0.29) is 11.7 Å². The summed E-state index contributed by atoms with van der Waals surface area (Å²) in [5, 5.41) is 11.0. The molecule has 0 aromatic carbocycles. The smallest absolute Gasteiger partial charge is 0.290 e.